The lowest BCUT2D eigenvalue weighted by Gasteiger charge is -2.14. The van der Waals surface area contributed by atoms with Gasteiger partial charge in [0.2, 0.25) is 0 Å². The van der Waals surface area contributed by atoms with Crippen molar-refractivity contribution >= 4 is 16.9 Å². The minimum atomic E-state index is -0.193. The third-order valence-electron chi connectivity index (χ3n) is 4.03. The maximum atomic E-state index is 12.3. The van der Waals surface area contributed by atoms with Gasteiger partial charge in [0.1, 0.15) is 5.58 Å². The van der Waals surface area contributed by atoms with E-state index in [4.69, 9.17) is 4.42 Å². The summed E-state index contributed by atoms with van der Waals surface area (Å²) >= 11 is 0. The third-order valence-corrected chi connectivity index (χ3v) is 4.03. The van der Waals surface area contributed by atoms with Crippen LogP contribution in [-0.4, -0.2) is 5.91 Å². The summed E-state index contributed by atoms with van der Waals surface area (Å²) in [6, 6.07) is 15.6. The minimum Gasteiger partial charge on any atom is -0.451 e. The first-order chi connectivity index (χ1) is 10.5. The standard InChI is InChI=1S/C19H19NO2/c1-12-8-9-15(10-13(12)2)14(3)20-19(21)18-11-16-6-4-5-7-17(16)22-18/h4-11,14H,1-3H3,(H,20,21). The number of carbonyl (C=O) groups excluding carboxylic acids is 1. The molecular weight excluding hydrogens is 274 g/mol. The van der Waals surface area contributed by atoms with Crippen molar-refractivity contribution < 1.29 is 9.21 Å². The molecule has 1 atom stereocenters. The van der Waals surface area contributed by atoms with Crippen LogP contribution in [0, 0.1) is 13.8 Å². The second-order valence-corrected chi connectivity index (χ2v) is 5.69. The molecule has 1 unspecified atom stereocenters. The molecule has 3 rings (SSSR count). The Morgan fingerprint density at radius 1 is 1.05 bits per heavy atom. The minimum absolute atomic E-state index is 0.0694. The zero-order chi connectivity index (χ0) is 15.7. The molecule has 0 radical (unpaired) electrons. The van der Waals surface area contributed by atoms with Gasteiger partial charge in [0.25, 0.3) is 5.91 Å². The lowest BCUT2D eigenvalue weighted by atomic mass is 10.0. The number of para-hydroxylation sites is 1. The summed E-state index contributed by atoms with van der Waals surface area (Å²) < 4.78 is 5.60. The molecule has 112 valence electrons. The quantitative estimate of drug-likeness (QED) is 0.770. The van der Waals surface area contributed by atoms with Crippen molar-refractivity contribution in [1.29, 1.82) is 0 Å². The van der Waals surface area contributed by atoms with Crippen LogP contribution in [0.15, 0.2) is 52.9 Å². The number of hydrogen-bond donors (Lipinski definition) is 1. The molecule has 1 aromatic heterocycles. The molecule has 0 saturated carbocycles. The predicted octanol–water partition coefficient (Wildman–Crippen LogP) is 4.54. The second-order valence-electron chi connectivity index (χ2n) is 5.69. The summed E-state index contributed by atoms with van der Waals surface area (Å²) in [5.74, 6) is 0.152. The van der Waals surface area contributed by atoms with Crippen LogP contribution in [0.1, 0.15) is 40.2 Å². The smallest absolute Gasteiger partial charge is 0.287 e. The first-order valence-corrected chi connectivity index (χ1v) is 7.41. The van der Waals surface area contributed by atoms with Crippen LogP contribution in [0.3, 0.4) is 0 Å². The summed E-state index contributed by atoms with van der Waals surface area (Å²) in [4.78, 5) is 12.3. The first-order valence-electron chi connectivity index (χ1n) is 7.41. The maximum absolute atomic E-state index is 12.3. The average Bonchev–Trinajstić information content (AvgIpc) is 2.94. The van der Waals surface area contributed by atoms with Crippen LogP contribution in [0.4, 0.5) is 0 Å². The van der Waals surface area contributed by atoms with Crippen LogP contribution in [0.5, 0.6) is 0 Å². The summed E-state index contributed by atoms with van der Waals surface area (Å²) in [5, 5.41) is 3.92. The molecule has 0 aliphatic heterocycles. The van der Waals surface area contributed by atoms with Gasteiger partial charge in [-0.15, -0.1) is 0 Å². The van der Waals surface area contributed by atoms with Gasteiger partial charge in [-0.1, -0.05) is 36.4 Å². The summed E-state index contributed by atoms with van der Waals surface area (Å²) in [7, 11) is 0. The Balaban J connectivity index is 1.79. The van der Waals surface area contributed by atoms with Crippen LogP contribution < -0.4 is 5.32 Å². The van der Waals surface area contributed by atoms with Crippen LogP contribution >= 0.6 is 0 Å². The van der Waals surface area contributed by atoms with E-state index in [1.165, 1.54) is 11.1 Å². The SMILES string of the molecule is Cc1ccc(C(C)NC(=O)c2cc3ccccc3o2)cc1C. The molecule has 1 N–H and O–H groups in total. The normalized spacial score (nSPS) is 12.3. The number of amides is 1. The van der Waals surface area contributed by atoms with Gasteiger partial charge in [-0.2, -0.15) is 0 Å². The fourth-order valence-electron chi connectivity index (χ4n) is 2.48. The number of benzene rings is 2. The van der Waals surface area contributed by atoms with E-state index < -0.39 is 0 Å². The number of fused-ring (bicyclic) bond motifs is 1. The highest BCUT2D eigenvalue weighted by Crippen LogP contribution is 2.21. The van der Waals surface area contributed by atoms with E-state index in [2.05, 4.69) is 31.3 Å². The summed E-state index contributed by atoms with van der Waals surface area (Å²) in [5.41, 5.74) is 4.29. The van der Waals surface area contributed by atoms with Gasteiger partial charge in [0.15, 0.2) is 5.76 Å². The van der Waals surface area contributed by atoms with Gasteiger partial charge in [-0.3, -0.25) is 4.79 Å². The van der Waals surface area contributed by atoms with E-state index in [0.29, 0.717) is 5.76 Å². The molecule has 1 amide bonds. The van der Waals surface area contributed by atoms with Crippen LogP contribution in [0.25, 0.3) is 11.0 Å². The molecule has 2 aromatic carbocycles. The number of hydrogen-bond acceptors (Lipinski definition) is 2. The Bertz CT molecular complexity index is 799. The lowest BCUT2D eigenvalue weighted by Crippen LogP contribution is -2.26. The van der Waals surface area contributed by atoms with Crippen molar-refractivity contribution in [1.82, 2.24) is 5.32 Å². The van der Waals surface area contributed by atoms with Gasteiger partial charge < -0.3 is 9.73 Å². The van der Waals surface area contributed by atoms with Crippen molar-refractivity contribution in [3.8, 4) is 0 Å². The van der Waals surface area contributed by atoms with Crippen molar-refractivity contribution in [2.45, 2.75) is 26.8 Å². The number of carbonyl (C=O) groups is 1. The molecular formula is C19H19NO2. The highest BCUT2D eigenvalue weighted by Gasteiger charge is 2.15. The highest BCUT2D eigenvalue weighted by molar-refractivity contribution is 5.96. The Labute approximate surface area is 130 Å². The van der Waals surface area contributed by atoms with Crippen molar-refractivity contribution in [2.24, 2.45) is 0 Å². The molecule has 0 spiro atoms. The average molecular weight is 293 g/mol. The van der Waals surface area contributed by atoms with Crippen LogP contribution in [0.2, 0.25) is 0 Å². The lowest BCUT2D eigenvalue weighted by molar-refractivity contribution is 0.0914. The topological polar surface area (TPSA) is 42.2 Å². The Hall–Kier alpha value is -2.55. The van der Waals surface area contributed by atoms with Crippen LogP contribution in [-0.2, 0) is 0 Å². The zero-order valence-corrected chi connectivity index (χ0v) is 13.0. The predicted molar refractivity (Wildman–Crippen MR) is 88.0 cm³/mol. The van der Waals surface area contributed by atoms with Gasteiger partial charge in [-0.05, 0) is 49.6 Å². The van der Waals surface area contributed by atoms with Gasteiger partial charge in [-0.25, -0.2) is 0 Å². The maximum Gasteiger partial charge on any atom is 0.287 e. The Morgan fingerprint density at radius 2 is 1.82 bits per heavy atom. The number of aryl methyl sites for hydroxylation is 2. The van der Waals surface area contributed by atoms with E-state index in [-0.39, 0.29) is 11.9 Å². The molecule has 3 nitrogen and oxygen atoms in total. The summed E-state index contributed by atoms with van der Waals surface area (Å²) in [6.45, 7) is 6.13. The largest absolute Gasteiger partial charge is 0.451 e. The highest BCUT2D eigenvalue weighted by atomic mass is 16.3. The number of nitrogens with one attached hydrogen (secondary N) is 1. The number of rotatable bonds is 3. The fraction of sp³-hybridized carbons (Fsp3) is 0.211. The first kappa shape index (κ1) is 14.4. The Morgan fingerprint density at radius 3 is 2.55 bits per heavy atom. The fourth-order valence-corrected chi connectivity index (χ4v) is 2.48. The van der Waals surface area contributed by atoms with Gasteiger partial charge in [0.05, 0.1) is 6.04 Å². The van der Waals surface area contributed by atoms with E-state index in [1.807, 2.05) is 37.3 Å². The zero-order valence-electron chi connectivity index (χ0n) is 13.0. The third kappa shape index (κ3) is 2.75. The van der Waals surface area contributed by atoms with Gasteiger partial charge in [0, 0.05) is 5.39 Å². The molecule has 0 aliphatic carbocycles. The molecule has 22 heavy (non-hydrogen) atoms. The van der Waals surface area contributed by atoms with Crippen molar-refractivity contribution in [2.75, 3.05) is 0 Å². The summed E-state index contributed by atoms with van der Waals surface area (Å²) in [6.07, 6.45) is 0. The second kappa shape index (κ2) is 5.68. The van der Waals surface area contributed by atoms with E-state index in [1.54, 1.807) is 6.07 Å². The van der Waals surface area contributed by atoms with Gasteiger partial charge >= 0.3 is 0 Å². The molecule has 3 aromatic rings. The van der Waals surface area contributed by atoms with E-state index in [9.17, 15) is 4.79 Å². The molecule has 0 bridgehead atoms. The van der Waals surface area contributed by atoms with E-state index >= 15 is 0 Å². The monoisotopic (exact) mass is 293 g/mol. The molecule has 1 heterocycles. The molecule has 0 saturated heterocycles. The van der Waals surface area contributed by atoms with E-state index in [0.717, 1.165) is 16.5 Å². The molecule has 0 fully saturated rings. The number of furan rings is 1. The molecule has 3 heteroatoms. The molecule has 0 aliphatic rings. The van der Waals surface area contributed by atoms with Crippen molar-refractivity contribution in [3.63, 3.8) is 0 Å². The van der Waals surface area contributed by atoms with Crippen molar-refractivity contribution in [3.05, 3.63) is 71.0 Å². The Kier molecular flexibility index (Phi) is 3.72.